The number of nitrogens with two attached hydrogens (primary N) is 1. The fourth-order valence-electron chi connectivity index (χ4n) is 0.991. The average Bonchev–Trinajstić information content (AvgIpc) is 1.95. The fraction of sp³-hybridized carbons (Fsp3) is 1.00. The zero-order chi connectivity index (χ0) is 10.5. The van der Waals surface area contributed by atoms with Crippen molar-refractivity contribution in [1.82, 2.24) is 5.32 Å². The van der Waals surface area contributed by atoms with Gasteiger partial charge in [-0.3, -0.25) is 0 Å². The predicted molar refractivity (Wildman–Crippen MR) is 46.3 cm³/mol. The topological polar surface area (TPSA) is 38.0 Å². The Morgan fingerprint density at radius 3 is 2.15 bits per heavy atom. The molecular weight excluding hydrogens is 181 g/mol. The molecule has 0 fully saturated rings. The summed E-state index contributed by atoms with van der Waals surface area (Å²) in [6.07, 6.45) is -4.13. The van der Waals surface area contributed by atoms with Crippen molar-refractivity contribution in [2.45, 2.75) is 20.0 Å². The highest BCUT2D eigenvalue weighted by atomic mass is 19.4. The summed E-state index contributed by atoms with van der Waals surface area (Å²) >= 11 is 0. The summed E-state index contributed by atoms with van der Waals surface area (Å²) in [6.45, 7) is 3.71. The standard InChI is InChI=1S/C8H17F3N2/c1-6(2)7(3-12)4-13-5-8(9,10)11/h6-7,13H,3-5,12H2,1-2H3. The maximum atomic E-state index is 11.7. The van der Waals surface area contributed by atoms with Crippen LogP contribution in [0.2, 0.25) is 0 Å². The van der Waals surface area contributed by atoms with Crippen molar-refractivity contribution in [3.63, 3.8) is 0 Å². The van der Waals surface area contributed by atoms with Crippen LogP contribution in [-0.4, -0.2) is 25.8 Å². The zero-order valence-corrected chi connectivity index (χ0v) is 7.99. The highest BCUT2D eigenvalue weighted by molar-refractivity contribution is 4.67. The van der Waals surface area contributed by atoms with E-state index in [1.807, 2.05) is 13.8 Å². The van der Waals surface area contributed by atoms with Gasteiger partial charge in [-0.2, -0.15) is 13.2 Å². The van der Waals surface area contributed by atoms with Crippen LogP contribution in [0.3, 0.4) is 0 Å². The molecule has 0 radical (unpaired) electrons. The van der Waals surface area contributed by atoms with Gasteiger partial charge in [-0.05, 0) is 24.9 Å². The summed E-state index contributed by atoms with van der Waals surface area (Å²) in [5.74, 6) is 0.424. The van der Waals surface area contributed by atoms with E-state index in [0.717, 1.165) is 0 Å². The fourth-order valence-corrected chi connectivity index (χ4v) is 0.991. The Hall–Kier alpha value is -0.290. The Kier molecular flexibility index (Phi) is 5.32. The van der Waals surface area contributed by atoms with Crippen molar-refractivity contribution in [2.24, 2.45) is 17.6 Å². The molecule has 0 amide bonds. The Morgan fingerprint density at radius 1 is 1.31 bits per heavy atom. The van der Waals surface area contributed by atoms with Gasteiger partial charge in [0, 0.05) is 0 Å². The summed E-state index contributed by atoms with van der Waals surface area (Å²) in [6, 6.07) is 0. The SMILES string of the molecule is CC(C)C(CN)CNCC(F)(F)F. The van der Waals surface area contributed by atoms with Crippen molar-refractivity contribution in [1.29, 1.82) is 0 Å². The molecular formula is C8H17F3N2. The molecule has 80 valence electrons. The highest BCUT2D eigenvalue weighted by Gasteiger charge is 2.26. The minimum absolute atomic E-state index is 0.113. The third-order valence-electron chi connectivity index (χ3n) is 1.98. The molecule has 1 unspecified atom stereocenters. The van der Waals surface area contributed by atoms with Gasteiger partial charge in [0.1, 0.15) is 0 Å². The minimum Gasteiger partial charge on any atom is -0.330 e. The van der Waals surface area contributed by atoms with E-state index >= 15 is 0 Å². The van der Waals surface area contributed by atoms with E-state index in [9.17, 15) is 13.2 Å². The number of rotatable bonds is 5. The average molecular weight is 198 g/mol. The summed E-state index contributed by atoms with van der Waals surface area (Å²) in [4.78, 5) is 0. The third kappa shape index (κ3) is 6.83. The van der Waals surface area contributed by atoms with Crippen LogP contribution in [0.25, 0.3) is 0 Å². The van der Waals surface area contributed by atoms with E-state index in [4.69, 9.17) is 5.73 Å². The lowest BCUT2D eigenvalue weighted by Gasteiger charge is -2.19. The molecule has 0 aliphatic rings. The van der Waals surface area contributed by atoms with Gasteiger partial charge < -0.3 is 11.1 Å². The van der Waals surface area contributed by atoms with E-state index in [0.29, 0.717) is 19.0 Å². The van der Waals surface area contributed by atoms with Crippen molar-refractivity contribution < 1.29 is 13.2 Å². The summed E-state index contributed by atoms with van der Waals surface area (Å²) in [5.41, 5.74) is 5.40. The van der Waals surface area contributed by atoms with Crippen LogP contribution in [0.15, 0.2) is 0 Å². The molecule has 0 aromatic carbocycles. The number of hydrogen-bond donors (Lipinski definition) is 2. The zero-order valence-electron chi connectivity index (χ0n) is 7.99. The van der Waals surface area contributed by atoms with E-state index < -0.39 is 12.7 Å². The molecule has 5 heteroatoms. The van der Waals surface area contributed by atoms with Crippen LogP contribution in [0.4, 0.5) is 13.2 Å². The van der Waals surface area contributed by atoms with E-state index in [2.05, 4.69) is 5.32 Å². The van der Waals surface area contributed by atoms with Crippen LogP contribution in [0.1, 0.15) is 13.8 Å². The molecule has 0 aliphatic heterocycles. The molecule has 0 rings (SSSR count). The first-order chi connectivity index (χ1) is 5.87. The second-order valence-electron chi connectivity index (χ2n) is 3.49. The first-order valence-electron chi connectivity index (χ1n) is 4.34. The maximum Gasteiger partial charge on any atom is 0.401 e. The van der Waals surface area contributed by atoms with Gasteiger partial charge in [0.25, 0.3) is 0 Å². The second-order valence-corrected chi connectivity index (χ2v) is 3.49. The van der Waals surface area contributed by atoms with Gasteiger partial charge in [0.05, 0.1) is 6.54 Å². The largest absolute Gasteiger partial charge is 0.401 e. The summed E-state index contributed by atoms with van der Waals surface area (Å²) < 4.78 is 35.2. The van der Waals surface area contributed by atoms with E-state index in [1.165, 1.54) is 0 Å². The molecule has 0 aromatic rings. The molecule has 0 saturated carbocycles. The number of nitrogens with one attached hydrogen (secondary N) is 1. The van der Waals surface area contributed by atoms with Crippen LogP contribution in [-0.2, 0) is 0 Å². The van der Waals surface area contributed by atoms with Crippen molar-refractivity contribution in [3.8, 4) is 0 Å². The first-order valence-corrected chi connectivity index (χ1v) is 4.34. The molecule has 3 N–H and O–H groups in total. The molecule has 2 nitrogen and oxygen atoms in total. The summed E-state index contributed by atoms with van der Waals surface area (Å²) in [5, 5.41) is 2.35. The number of halogens is 3. The lowest BCUT2D eigenvalue weighted by atomic mass is 9.96. The van der Waals surface area contributed by atoms with Gasteiger partial charge in [0.2, 0.25) is 0 Å². The Labute approximate surface area is 76.7 Å². The number of alkyl halides is 3. The summed E-state index contributed by atoms with van der Waals surface area (Å²) in [7, 11) is 0. The molecule has 0 spiro atoms. The number of hydrogen-bond acceptors (Lipinski definition) is 2. The lowest BCUT2D eigenvalue weighted by molar-refractivity contribution is -0.125. The van der Waals surface area contributed by atoms with Crippen molar-refractivity contribution in [3.05, 3.63) is 0 Å². The van der Waals surface area contributed by atoms with Gasteiger partial charge in [-0.15, -0.1) is 0 Å². The van der Waals surface area contributed by atoms with E-state index in [1.54, 1.807) is 0 Å². The molecule has 13 heavy (non-hydrogen) atoms. The molecule has 0 saturated heterocycles. The van der Waals surface area contributed by atoms with Gasteiger partial charge in [0.15, 0.2) is 0 Å². The Morgan fingerprint density at radius 2 is 1.85 bits per heavy atom. The van der Waals surface area contributed by atoms with Gasteiger partial charge in [-0.1, -0.05) is 13.8 Å². The van der Waals surface area contributed by atoms with Crippen LogP contribution >= 0.6 is 0 Å². The Balaban J connectivity index is 3.62. The normalized spacial score (nSPS) is 15.0. The van der Waals surface area contributed by atoms with Gasteiger partial charge in [-0.25, -0.2) is 0 Å². The molecule has 1 atom stereocenters. The molecule has 0 aromatic heterocycles. The van der Waals surface area contributed by atoms with Crippen LogP contribution in [0, 0.1) is 11.8 Å². The predicted octanol–water partition coefficient (Wildman–Crippen LogP) is 1.37. The quantitative estimate of drug-likeness (QED) is 0.700. The molecule has 0 bridgehead atoms. The molecule has 0 aliphatic carbocycles. The first kappa shape index (κ1) is 12.7. The maximum absolute atomic E-state index is 11.7. The smallest absolute Gasteiger partial charge is 0.330 e. The monoisotopic (exact) mass is 198 g/mol. The minimum atomic E-state index is -4.13. The highest BCUT2D eigenvalue weighted by Crippen LogP contribution is 2.13. The second kappa shape index (κ2) is 5.44. The van der Waals surface area contributed by atoms with E-state index in [-0.39, 0.29) is 5.92 Å². The van der Waals surface area contributed by atoms with Crippen molar-refractivity contribution >= 4 is 0 Å². The van der Waals surface area contributed by atoms with Crippen LogP contribution < -0.4 is 11.1 Å². The molecule has 0 heterocycles. The van der Waals surface area contributed by atoms with Crippen molar-refractivity contribution in [2.75, 3.05) is 19.6 Å². The van der Waals surface area contributed by atoms with Crippen LogP contribution in [0.5, 0.6) is 0 Å². The third-order valence-corrected chi connectivity index (χ3v) is 1.98. The lowest BCUT2D eigenvalue weighted by Crippen LogP contribution is -2.36. The Bertz CT molecular complexity index is 134. The van der Waals surface area contributed by atoms with Gasteiger partial charge >= 0.3 is 6.18 Å².